The minimum Gasteiger partial charge on any atom is -0.484 e. The van der Waals surface area contributed by atoms with Crippen molar-refractivity contribution < 1.29 is 4.74 Å². The fourth-order valence-corrected chi connectivity index (χ4v) is 3.44. The van der Waals surface area contributed by atoms with E-state index in [0.717, 1.165) is 20.9 Å². The summed E-state index contributed by atoms with van der Waals surface area (Å²) in [6, 6.07) is 9.83. The van der Waals surface area contributed by atoms with Gasteiger partial charge < -0.3 is 4.74 Å². The molecule has 0 aliphatic rings. The van der Waals surface area contributed by atoms with Crippen LogP contribution in [0.3, 0.4) is 0 Å². The van der Waals surface area contributed by atoms with Crippen LogP contribution in [0.4, 0.5) is 0 Å². The zero-order valence-electron chi connectivity index (χ0n) is 10.7. The van der Waals surface area contributed by atoms with Crippen molar-refractivity contribution >= 4 is 44.9 Å². The zero-order chi connectivity index (χ0) is 13.9. The van der Waals surface area contributed by atoms with E-state index in [-0.39, 0.29) is 0 Å². The molecule has 0 bridgehead atoms. The van der Waals surface area contributed by atoms with E-state index in [2.05, 4.69) is 9.97 Å². The Morgan fingerprint density at radius 1 is 1.25 bits per heavy atom. The third kappa shape index (κ3) is 2.75. The summed E-state index contributed by atoms with van der Waals surface area (Å²) in [5.74, 6) is 1.44. The van der Waals surface area contributed by atoms with E-state index in [4.69, 9.17) is 16.3 Å². The second kappa shape index (κ2) is 5.99. The number of hydrogen-bond acceptors (Lipinski definition) is 5. The summed E-state index contributed by atoms with van der Waals surface area (Å²) < 4.78 is 5.79. The van der Waals surface area contributed by atoms with Crippen molar-refractivity contribution in [2.75, 3.05) is 6.26 Å². The van der Waals surface area contributed by atoms with Gasteiger partial charge in [-0.3, -0.25) is 0 Å². The van der Waals surface area contributed by atoms with Gasteiger partial charge in [-0.2, -0.15) is 0 Å². The number of thiophene rings is 1. The van der Waals surface area contributed by atoms with Gasteiger partial charge in [0.25, 0.3) is 0 Å². The molecule has 0 radical (unpaired) electrons. The molecule has 0 atom stereocenters. The highest BCUT2D eigenvalue weighted by atomic mass is 35.5. The molecule has 0 N–H and O–H groups in total. The number of ether oxygens (including phenoxy) is 1. The number of rotatable bonds is 4. The first-order valence-corrected chi connectivity index (χ1v) is 8.41. The molecule has 0 aliphatic carbocycles. The number of halogens is 1. The number of nitrogens with zero attached hydrogens (tertiary/aromatic N) is 2. The maximum absolute atomic E-state index is 6.14. The second-order valence-corrected chi connectivity index (χ2v) is 6.11. The fraction of sp³-hybridized carbons (Fsp3) is 0.143. The van der Waals surface area contributed by atoms with Gasteiger partial charge in [0.15, 0.2) is 5.82 Å². The lowest BCUT2D eigenvalue weighted by Gasteiger charge is -2.09. The molecule has 2 aromatic heterocycles. The molecule has 0 saturated carbocycles. The largest absolute Gasteiger partial charge is 0.484 e. The molecule has 3 nitrogen and oxygen atoms in total. The molecule has 3 rings (SSSR count). The van der Waals surface area contributed by atoms with Crippen molar-refractivity contribution in [1.82, 2.24) is 9.97 Å². The van der Waals surface area contributed by atoms with E-state index in [9.17, 15) is 0 Å². The maximum atomic E-state index is 6.14. The van der Waals surface area contributed by atoms with E-state index >= 15 is 0 Å². The minimum atomic E-state index is 0.311. The third-order valence-electron chi connectivity index (χ3n) is 2.75. The van der Waals surface area contributed by atoms with Gasteiger partial charge >= 0.3 is 0 Å². The Labute approximate surface area is 130 Å². The molecule has 6 heteroatoms. The standard InChI is InChI=1S/C14H11ClN2OS2/c1-19-11-5-3-2-4-10(11)18-8-12-16-13(15)9-6-7-20-14(9)17-12/h2-7H,8H2,1H3. The number of para-hydroxylation sites is 1. The Bertz CT molecular complexity index is 745. The molecule has 0 saturated heterocycles. The van der Waals surface area contributed by atoms with Crippen LogP contribution < -0.4 is 4.74 Å². The van der Waals surface area contributed by atoms with Crippen LogP contribution in [0.2, 0.25) is 5.15 Å². The number of aromatic nitrogens is 2. The average molecular weight is 323 g/mol. The molecule has 0 amide bonds. The SMILES string of the molecule is CSc1ccccc1OCc1nc(Cl)c2ccsc2n1. The van der Waals surface area contributed by atoms with Gasteiger partial charge in [-0.15, -0.1) is 23.1 Å². The number of fused-ring (bicyclic) bond motifs is 1. The Hall–Kier alpha value is -1.30. The Morgan fingerprint density at radius 2 is 2.10 bits per heavy atom. The van der Waals surface area contributed by atoms with Gasteiger partial charge in [0.05, 0.1) is 0 Å². The van der Waals surface area contributed by atoms with Crippen molar-refractivity contribution in [2.45, 2.75) is 11.5 Å². The van der Waals surface area contributed by atoms with Crippen LogP contribution in [0, 0.1) is 0 Å². The van der Waals surface area contributed by atoms with Crippen LogP contribution in [0.5, 0.6) is 5.75 Å². The number of thioether (sulfide) groups is 1. The van der Waals surface area contributed by atoms with Crippen LogP contribution in [-0.2, 0) is 6.61 Å². The molecule has 0 spiro atoms. The van der Waals surface area contributed by atoms with Crippen molar-refractivity contribution in [1.29, 1.82) is 0 Å². The highest BCUT2D eigenvalue weighted by Crippen LogP contribution is 2.28. The molecular weight excluding hydrogens is 312 g/mol. The molecular formula is C14H11ClN2OS2. The topological polar surface area (TPSA) is 35.0 Å². The van der Waals surface area contributed by atoms with Crippen molar-refractivity contribution in [3.63, 3.8) is 0 Å². The smallest absolute Gasteiger partial charge is 0.169 e. The van der Waals surface area contributed by atoms with Crippen LogP contribution in [0.15, 0.2) is 40.6 Å². The van der Waals surface area contributed by atoms with Gasteiger partial charge in [0.2, 0.25) is 0 Å². The van der Waals surface area contributed by atoms with Crippen LogP contribution >= 0.6 is 34.7 Å². The minimum absolute atomic E-state index is 0.311. The molecule has 0 unspecified atom stereocenters. The van der Waals surface area contributed by atoms with Gasteiger partial charge in [-0.05, 0) is 29.8 Å². The monoisotopic (exact) mass is 322 g/mol. The van der Waals surface area contributed by atoms with Crippen LogP contribution in [0.25, 0.3) is 10.2 Å². The van der Waals surface area contributed by atoms with Crippen molar-refractivity contribution in [2.24, 2.45) is 0 Å². The molecule has 0 fully saturated rings. The van der Waals surface area contributed by atoms with Gasteiger partial charge in [-0.25, -0.2) is 9.97 Å². The summed E-state index contributed by atoms with van der Waals surface area (Å²) in [7, 11) is 0. The highest BCUT2D eigenvalue weighted by Gasteiger charge is 2.08. The van der Waals surface area contributed by atoms with E-state index in [1.165, 1.54) is 0 Å². The first-order valence-electron chi connectivity index (χ1n) is 5.93. The van der Waals surface area contributed by atoms with Crippen molar-refractivity contribution in [3.8, 4) is 5.75 Å². The second-order valence-electron chi connectivity index (χ2n) is 4.01. The summed E-state index contributed by atoms with van der Waals surface area (Å²) in [6.45, 7) is 0.311. The van der Waals surface area contributed by atoms with E-state index < -0.39 is 0 Å². The average Bonchev–Trinajstić information content (AvgIpc) is 2.94. The van der Waals surface area contributed by atoms with Crippen LogP contribution in [0.1, 0.15) is 5.82 Å². The molecule has 0 aliphatic heterocycles. The molecule has 102 valence electrons. The summed E-state index contributed by atoms with van der Waals surface area (Å²) in [5, 5.41) is 3.33. The summed E-state index contributed by atoms with van der Waals surface area (Å²) in [6.07, 6.45) is 2.02. The normalized spacial score (nSPS) is 10.9. The highest BCUT2D eigenvalue weighted by molar-refractivity contribution is 7.98. The number of benzene rings is 1. The first kappa shape index (κ1) is 13.7. The third-order valence-corrected chi connectivity index (χ3v) is 4.62. The summed E-state index contributed by atoms with van der Waals surface area (Å²) in [4.78, 5) is 10.7. The number of hydrogen-bond donors (Lipinski definition) is 0. The van der Waals surface area contributed by atoms with E-state index in [1.807, 2.05) is 42.0 Å². The van der Waals surface area contributed by atoms with Crippen LogP contribution in [-0.4, -0.2) is 16.2 Å². The van der Waals surface area contributed by atoms with Gasteiger partial charge in [-0.1, -0.05) is 23.7 Å². The van der Waals surface area contributed by atoms with E-state index in [1.54, 1.807) is 23.1 Å². The summed E-state index contributed by atoms with van der Waals surface area (Å²) in [5.41, 5.74) is 0. The molecule has 3 aromatic rings. The van der Waals surface area contributed by atoms with Crippen molar-refractivity contribution in [3.05, 3.63) is 46.7 Å². The first-order chi connectivity index (χ1) is 9.78. The lowest BCUT2D eigenvalue weighted by molar-refractivity contribution is 0.289. The predicted molar refractivity (Wildman–Crippen MR) is 85.0 cm³/mol. The quantitative estimate of drug-likeness (QED) is 0.517. The summed E-state index contributed by atoms with van der Waals surface area (Å²) >= 11 is 9.34. The maximum Gasteiger partial charge on any atom is 0.169 e. The fourth-order valence-electron chi connectivity index (χ4n) is 1.81. The van der Waals surface area contributed by atoms with E-state index in [0.29, 0.717) is 17.6 Å². The molecule has 20 heavy (non-hydrogen) atoms. The predicted octanol–water partition coefficient (Wildman–Crippen LogP) is 4.65. The molecule has 2 heterocycles. The Morgan fingerprint density at radius 3 is 2.95 bits per heavy atom. The zero-order valence-corrected chi connectivity index (χ0v) is 13.1. The lowest BCUT2D eigenvalue weighted by Crippen LogP contribution is -2.02. The van der Waals surface area contributed by atoms with Gasteiger partial charge in [0.1, 0.15) is 22.3 Å². The van der Waals surface area contributed by atoms with Gasteiger partial charge in [0, 0.05) is 10.3 Å². The Kier molecular flexibility index (Phi) is 4.10. The molecule has 1 aromatic carbocycles. The lowest BCUT2D eigenvalue weighted by atomic mass is 10.3. The Balaban J connectivity index is 1.83.